The number of hydrogen-bond donors (Lipinski definition) is 1. The fraction of sp³-hybridized carbons (Fsp3) is 0.333. The predicted octanol–water partition coefficient (Wildman–Crippen LogP) is 2.19. The molecule has 0 spiro atoms. The molecular weight excluding hydrogens is 267 g/mol. The molecule has 1 unspecified atom stereocenters. The van der Waals surface area contributed by atoms with Gasteiger partial charge in [-0.2, -0.15) is 4.98 Å². The third-order valence-corrected chi connectivity index (χ3v) is 3.26. The Morgan fingerprint density at radius 3 is 2.90 bits per heavy atom. The number of nitro benzene ring substituents is 1. The van der Waals surface area contributed by atoms with Gasteiger partial charge < -0.3 is 10.3 Å². The molecule has 104 valence electrons. The maximum Gasteiger partial charge on any atom is 0.282 e. The second kappa shape index (κ2) is 4.64. The lowest BCUT2D eigenvalue weighted by Crippen LogP contribution is -2.13. The van der Waals surface area contributed by atoms with Crippen LogP contribution in [0, 0.1) is 21.8 Å². The summed E-state index contributed by atoms with van der Waals surface area (Å²) in [5.74, 6) is -0.0943. The molecule has 1 aliphatic rings. The van der Waals surface area contributed by atoms with E-state index in [2.05, 4.69) is 10.1 Å². The summed E-state index contributed by atoms with van der Waals surface area (Å²) in [5.41, 5.74) is 5.59. The van der Waals surface area contributed by atoms with Gasteiger partial charge in [-0.1, -0.05) is 5.16 Å². The molecule has 0 radical (unpaired) electrons. The second-order valence-corrected chi connectivity index (χ2v) is 4.74. The molecule has 20 heavy (non-hydrogen) atoms. The molecule has 8 heteroatoms. The maximum absolute atomic E-state index is 13.3. The molecule has 1 aliphatic carbocycles. The minimum Gasteiger partial charge on any atom is -0.334 e. The lowest BCUT2D eigenvalue weighted by atomic mass is 10.1. The molecule has 0 amide bonds. The van der Waals surface area contributed by atoms with E-state index in [1.165, 1.54) is 0 Å². The van der Waals surface area contributed by atoms with Crippen LogP contribution in [0.5, 0.6) is 0 Å². The largest absolute Gasteiger partial charge is 0.334 e. The van der Waals surface area contributed by atoms with Gasteiger partial charge in [-0.05, 0) is 30.9 Å². The number of nitrogens with two attached hydrogens (primary N) is 1. The molecule has 3 rings (SSSR count). The number of halogens is 1. The minimum atomic E-state index is -0.626. The fourth-order valence-electron chi connectivity index (χ4n) is 1.98. The van der Waals surface area contributed by atoms with Crippen LogP contribution in [0.2, 0.25) is 0 Å². The summed E-state index contributed by atoms with van der Waals surface area (Å²) in [5, 5.41) is 14.7. The molecule has 0 saturated heterocycles. The first kappa shape index (κ1) is 12.7. The Kier molecular flexibility index (Phi) is 2.94. The second-order valence-electron chi connectivity index (χ2n) is 4.74. The molecule has 1 aromatic heterocycles. The third kappa shape index (κ3) is 2.25. The van der Waals surface area contributed by atoms with Crippen LogP contribution in [0.25, 0.3) is 11.5 Å². The fourth-order valence-corrected chi connectivity index (χ4v) is 1.98. The van der Waals surface area contributed by atoms with Crippen molar-refractivity contribution < 1.29 is 13.8 Å². The topological polar surface area (TPSA) is 108 Å². The summed E-state index contributed by atoms with van der Waals surface area (Å²) < 4.78 is 18.2. The molecule has 2 N–H and O–H groups in total. The van der Waals surface area contributed by atoms with Crippen LogP contribution in [-0.2, 0) is 0 Å². The van der Waals surface area contributed by atoms with E-state index in [0.717, 1.165) is 31.0 Å². The van der Waals surface area contributed by atoms with Crippen LogP contribution in [0.15, 0.2) is 22.7 Å². The minimum absolute atomic E-state index is 0.0447. The van der Waals surface area contributed by atoms with E-state index in [1.807, 2.05) is 0 Å². The first-order valence-corrected chi connectivity index (χ1v) is 6.10. The third-order valence-electron chi connectivity index (χ3n) is 3.26. The van der Waals surface area contributed by atoms with Crippen molar-refractivity contribution in [1.29, 1.82) is 0 Å². The SMILES string of the molecule is NC(c1noc(-c2cc(F)ccc2[N+](=O)[O-])n1)C1CC1. The van der Waals surface area contributed by atoms with Gasteiger partial charge in [0.2, 0.25) is 0 Å². The van der Waals surface area contributed by atoms with Crippen LogP contribution in [-0.4, -0.2) is 15.1 Å². The van der Waals surface area contributed by atoms with Gasteiger partial charge in [0, 0.05) is 6.07 Å². The summed E-state index contributed by atoms with van der Waals surface area (Å²) >= 11 is 0. The summed E-state index contributed by atoms with van der Waals surface area (Å²) in [6, 6.07) is 2.72. The van der Waals surface area contributed by atoms with Crippen molar-refractivity contribution in [3.05, 3.63) is 40.0 Å². The van der Waals surface area contributed by atoms with Crippen molar-refractivity contribution in [3.8, 4) is 11.5 Å². The van der Waals surface area contributed by atoms with Crippen LogP contribution < -0.4 is 5.73 Å². The number of nitrogens with zero attached hydrogens (tertiary/aromatic N) is 3. The Hall–Kier alpha value is -2.35. The molecule has 0 aliphatic heterocycles. The van der Waals surface area contributed by atoms with Gasteiger partial charge in [-0.3, -0.25) is 10.1 Å². The summed E-state index contributed by atoms with van der Waals surface area (Å²) in [6.07, 6.45) is 2.01. The van der Waals surface area contributed by atoms with E-state index in [0.29, 0.717) is 11.7 Å². The van der Waals surface area contributed by atoms with Gasteiger partial charge in [-0.25, -0.2) is 4.39 Å². The Balaban J connectivity index is 2.00. The quantitative estimate of drug-likeness (QED) is 0.678. The van der Waals surface area contributed by atoms with Gasteiger partial charge in [0.1, 0.15) is 11.4 Å². The molecule has 1 saturated carbocycles. The number of benzene rings is 1. The maximum atomic E-state index is 13.3. The van der Waals surface area contributed by atoms with E-state index < -0.39 is 10.7 Å². The smallest absolute Gasteiger partial charge is 0.282 e. The van der Waals surface area contributed by atoms with Gasteiger partial charge in [0.05, 0.1) is 11.0 Å². The zero-order chi connectivity index (χ0) is 14.3. The highest BCUT2D eigenvalue weighted by Gasteiger charge is 2.33. The van der Waals surface area contributed by atoms with Crippen molar-refractivity contribution in [2.45, 2.75) is 18.9 Å². The zero-order valence-electron chi connectivity index (χ0n) is 10.3. The van der Waals surface area contributed by atoms with Crippen LogP contribution in [0.3, 0.4) is 0 Å². The molecule has 1 atom stereocenters. The van der Waals surface area contributed by atoms with Gasteiger partial charge >= 0.3 is 0 Å². The van der Waals surface area contributed by atoms with Crippen molar-refractivity contribution in [2.24, 2.45) is 11.7 Å². The van der Waals surface area contributed by atoms with Gasteiger partial charge in [-0.15, -0.1) is 0 Å². The van der Waals surface area contributed by atoms with Crippen LogP contribution in [0.4, 0.5) is 10.1 Å². The Morgan fingerprint density at radius 1 is 1.50 bits per heavy atom. The molecule has 1 fully saturated rings. The molecule has 1 heterocycles. The monoisotopic (exact) mass is 278 g/mol. The van der Waals surface area contributed by atoms with E-state index in [1.54, 1.807) is 0 Å². The van der Waals surface area contributed by atoms with E-state index in [-0.39, 0.29) is 23.2 Å². The highest BCUT2D eigenvalue weighted by Crippen LogP contribution is 2.39. The number of nitro groups is 1. The Labute approximate surface area is 112 Å². The molecular formula is C12H11FN4O3. The van der Waals surface area contributed by atoms with Gasteiger partial charge in [0.15, 0.2) is 5.82 Å². The lowest BCUT2D eigenvalue weighted by molar-refractivity contribution is -0.384. The summed E-state index contributed by atoms with van der Waals surface area (Å²) in [7, 11) is 0. The summed E-state index contributed by atoms with van der Waals surface area (Å²) in [4.78, 5) is 14.4. The van der Waals surface area contributed by atoms with E-state index >= 15 is 0 Å². The number of aromatic nitrogens is 2. The van der Waals surface area contributed by atoms with Crippen LogP contribution in [0.1, 0.15) is 24.7 Å². The Morgan fingerprint density at radius 2 is 2.25 bits per heavy atom. The van der Waals surface area contributed by atoms with Crippen LogP contribution >= 0.6 is 0 Å². The van der Waals surface area contributed by atoms with Gasteiger partial charge in [0.25, 0.3) is 11.6 Å². The van der Waals surface area contributed by atoms with Crippen molar-refractivity contribution in [1.82, 2.24) is 10.1 Å². The molecule has 1 aromatic carbocycles. The highest BCUT2D eigenvalue weighted by molar-refractivity contribution is 5.66. The molecule has 0 bridgehead atoms. The van der Waals surface area contributed by atoms with Crippen molar-refractivity contribution >= 4 is 5.69 Å². The van der Waals surface area contributed by atoms with Crippen molar-refractivity contribution in [3.63, 3.8) is 0 Å². The number of hydrogen-bond acceptors (Lipinski definition) is 6. The average molecular weight is 278 g/mol. The zero-order valence-corrected chi connectivity index (χ0v) is 10.3. The molecule has 2 aromatic rings. The lowest BCUT2D eigenvalue weighted by Gasteiger charge is -2.02. The van der Waals surface area contributed by atoms with Crippen molar-refractivity contribution in [2.75, 3.05) is 0 Å². The first-order valence-electron chi connectivity index (χ1n) is 6.10. The molecule has 7 nitrogen and oxygen atoms in total. The standard InChI is InChI=1S/C12H11FN4O3/c13-7-3-4-9(17(18)19)8(5-7)12-15-11(16-20-12)10(14)6-1-2-6/h3-6,10H,1-2,14H2. The number of rotatable bonds is 4. The summed E-state index contributed by atoms with van der Waals surface area (Å²) in [6.45, 7) is 0. The average Bonchev–Trinajstić information content (AvgIpc) is 3.14. The van der Waals surface area contributed by atoms with E-state index in [4.69, 9.17) is 10.3 Å². The highest BCUT2D eigenvalue weighted by atomic mass is 19.1. The predicted molar refractivity (Wildman–Crippen MR) is 66.0 cm³/mol. The first-order chi connectivity index (χ1) is 9.56. The normalized spacial score (nSPS) is 16.1. The van der Waals surface area contributed by atoms with E-state index in [9.17, 15) is 14.5 Å². The Bertz CT molecular complexity index is 668.